The molecule has 1 atom stereocenters. The molecule has 0 spiro atoms. The summed E-state index contributed by atoms with van der Waals surface area (Å²) >= 11 is 0. The molecule has 1 unspecified atom stereocenters. The van der Waals surface area contributed by atoms with E-state index in [1.54, 1.807) is 0 Å². The van der Waals surface area contributed by atoms with Gasteiger partial charge in [-0.2, -0.15) is 0 Å². The summed E-state index contributed by atoms with van der Waals surface area (Å²) in [6.07, 6.45) is 4.50. The van der Waals surface area contributed by atoms with Crippen LogP contribution in [0.4, 0.5) is 0 Å². The topological polar surface area (TPSA) is 47.4 Å². The lowest BCUT2D eigenvalue weighted by atomic mass is 10.1. The van der Waals surface area contributed by atoms with Crippen molar-refractivity contribution in [3.63, 3.8) is 0 Å². The van der Waals surface area contributed by atoms with Crippen LogP contribution in [0.5, 0.6) is 0 Å². The lowest BCUT2D eigenvalue weighted by Gasteiger charge is -2.30. The summed E-state index contributed by atoms with van der Waals surface area (Å²) in [6.45, 7) is 4.86. The Balaban J connectivity index is 1.74. The monoisotopic (exact) mass is 339 g/mol. The lowest BCUT2D eigenvalue weighted by Crippen LogP contribution is -2.44. The summed E-state index contributed by atoms with van der Waals surface area (Å²) in [4.78, 5) is 19.9. The first-order chi connectivity index (χ1) is 12.2. The second-order valence-electron chi connectivity index (χ2n) is 6.99. The van der Waals surface area contributed by atoms with Crippen LogP contribution in [-0.4, -0.2) is 46.2 Å². The van der Waals surface area contributed by atoms with Crippen molar-refractivity contribution in [2.75, 3.05) is 19.7 Å². The summed E-state index contributed by atoms with van der Waals surface area (Å²) in [6, 6.07) is 10.2. The highest BCUT2D eigenvalue weighted by atomic mass is 16.5. The van der Waals surface area contributed by atoms with E-state index in [-0.39, 0.29) is 12.0 Å². The quantitative estimate of drug-likeness (QED) is 0.844. The van der Waals surface area contributed by atoms with Gasteiger partial charge in [0.15, 0.2) is 0 Å². The van der Waals surface area contributed by atoms with Crippen LogP contribution in [0, 0.1) is 0 Å². The number of hydrogen-bond acceptors (Lipinski definition) is 3. The Kier molecular flexibility index (Phi) is 4.57. The molecule has 0 radical (unpaired) electrons. The SMILES string of the molecule is CC1CN(C(=O)c2nc(-c3ccccc3)n3c2CCCCC3)CCO1. The zero-order chi connectivity index (χ0) is 17.2. The fraction of sp³-hybridized carbons (Fsp3) is 0.500. The van der Waals surface area contributed by atoms with E-state index in [9.17, 15) is 4.79 Å². The number of nitrogens with zero attached hydrogens (tertiary/aromatic N) is 3. The Bertz CT molecular complexity index is 754. The minimum absolute atomic E-state index is 0.0583. The van der Waals surface area contributed by atoms with E-state index >= 15 is 0 Å². The third-order valence-corrected chi connectivity index (χ3v) is 5.13. The molecular formula is C20H25N3O2. The second-order valence-corrected chi connectivity index (χ2v) is 6.99. The number of ether oxygens (including phenoxy) is 1. The minimum atomic E-state index is 0.0583. The average Bonchev–Trinajstić information content (AvgIpc) is 2.83. The third kappa shape index (κ3) is 3.21. The number of amides is 1. The van der Waals surface area contributed by atoms with Crippen LogP contribution in [0.25, 0.3) is 11.4 Å². The molecule has 1 fully saturated rings. The molecule has 0 N–H and O–H groups in total. The highest BCUT2D eigenvalue weighted by Gasteiger charge is 2.29. The van der Waals surface area contributed by atoms with Crippen LogP contribution in [0.15, 0.2) is 30.3 Å². The van der Waals surface area contributed by atoms with E-state index in [1.165, 1.54) is 6.42 Å². The van der Waals surface area contributed by atoms with Gasteiger partial charge in [0.2, 0.25) is 0 Å². The summed E-state index contributed by atoms with van der Waals surface area (Å²) < 4.78 is 7.86. The molecule has 0 bridgehead atoms. The number of imidazole rings is 1. The van der Waals surface area contributed by atoms with Gasteiger partial charge in [0.1, 0.15) is 11.5 Å². The molecule has 3 heterocycles. The second kappa shape index (κ2) is 7.00. The first-order valence-corrected chi connectivity index (χ1v) is 9.30. The lowest BCUT2D eigenvalue weighted by molar-refractivity contribution is -0.0126. The first-order valence-electron chi connectivity index (χ1n) is 9.30. The smallest absolute Gasteiger partial charge is 0.274 e. The van der Waals surface area contributed by atoms with Crippen LogP contribution in [0.3, 0.4) is 0 Å². The molecule has 1 aromatic carbocycles. The van der Waals surface area contributed by atoms with Gasteiger partial charge in [0.05, 0.1) is 18.4 Å². The summed E-state index contributed by atoms with van der Waals surface area (Å²) in [5.41, 5.74) is 2.84. The van der Waals surface area contributed by atoms with E-state index in [0.29, 0.717) is 25.4 Å². The molecule has 1 amide bonds. The van der Waals surface area contributed by atoms with Crippen molar-refractivity contribution in [1.82, 2.24) is 14.5 Å². The van der Waals surface area contributed by atoms with Crippen LogP contribution in [0.1, 0.15) is 42.4 Å². The molecule has 2 aliphatic rings. The number of aromatic nitrogens is 2. The molecule has 1 saturated heterocycles. The van der Waals surface area contributed by atoms with Gasteiger partial charge in [-0.15, -0.1) is 0 Å². The van der Waals surface area contributed by atoms with Crippen molar-refractivity contribution in [2.24, 2.45) is 0 Å². The fourth-order valence-corrected chi connectivity index (χ4v) is 3.85. The molecule has 5 heteroatoms. The van der Waals surface area contributed by atoms with E-state index in [0.717, 1.165) is 42.9 Å². The van der Waals surface area contributed by atoms with Crippen molar-refractivity contribution in [3.05, 3.63) is 41.7 Å². The fourth-order valence-electron chi connectivity index (χ4n) is 3.85. The molecule has 0 aliphatic carbocycles. The summed E-state index contributed by atoms with van der Waals surface area (Å²) in [5.74, 6) is 0.991. The zero-order valence-corrected chi connectivity index (χ0v) is 14.8. The Morgan fingerprint density at radius 3 is 2.80 bits per heavy atom. The molecule has 132 valence electrons. The van der Waals surface area contributed by atoms with E-state index in [4.69, 9.17) is 9.72 Å². The van der Waals surface area contributed by atoms with E-state index in [1.807, 2.05) is 30.0 Å². The van der Waals surface area contributed by atoms with Crippen molar-refractivity contribution in [3.8, 4) is 11.4 Å². The van der Waals surface area contributed by atoms with Crippen LogP contribution in [-0.2, 0) is 17.7 Å². The predicted molar refractivity (Wildman–Crippen MR) is 96.5 cm³/mol. The maximum absolute atomic E-state index is 13.2. The standard InChI is InChI=1S/C20H25N3O2/c1-15-14-22(12-13-25-15)20(24)18-17-10-6-3-7-11-23(17)19(21-18)16-8-4-2-5-9-16/h2,4-5,8-9,15H,3,6-7,10-14H2,1H3. The predicted octanol–water partition coefficient (Wildman–Crippen LogP) is 3.14. The van der Waals surface area contributed by atoms with Crippen LogP contribution in [0.2, 0.25) is 0 Å². The summed E-state index contributed by atoms with van der Waals surface area (Å²) in [7, 11) is 0. The van der Waals surface area contributed by atoms with Gasteiger partial charge in [-0.05, 0) is 26.2 Å². The maximum Gasteiger partial charge on any atom is 0.274 e. The van der Waals surface area contributed by atoms with E-state index in [2.05, 4.69) is 16.7 Å². The Labute approximate surface area is 148 Å². The van der Waals surface area contributed by atoms with Crippen LogP contribution >= 0.6 is 0 Å². The summed E-state index contributed by atoms with van der Waals surface area (Å²) in [5, 5.41) is 0. The van der Waals surface area contributed by atoms with Crippen molar-refractivity contribution in [2.45, 2.75) is 45.3 Å². The van der Waals surface area contributed by atoms with Gasteiger partial charge >= 0.3 is 0 Å². The molecule has 25 heavy (non-hydrogen) atoms. The number of hydrogen-bond donors (Lipinski definition) is 0. The number of fused-ring (bicyclic) bond motifs is 1. The highest BCUT2D eigenvalue weighted by Crippen LogP contribution is 2.28. The van der Waals surface area contributed by atoms with Crippen molar-refractivity contribution in [1.29, 1.82) is 0 Å². The largest absolute Gasteiger partial charge is 0.375 e. The van der Waals surface area contributed by atoms with Gasteiger partial charge in [-0.25, -0.2) is 4.98 Å². The van der Waals surface area contributed by atoms with Crippen LogP contribution < -0.4 is 0 Å². The number of benzene rings is 1. The van der Waals surface area contributed by atoms with E-state index < -0.39 is 0 Å². The first kappa shape index (κ1) is 16.3. The molecule has 2 aromatic rings. The van der Waals surface area contributed by atoms with Gasteiger partial charge in [0, 0.05) is 25.2 Å². The van der Waals surface area contributed by atoms with Gasteiger partial charge in [0.25, 0.3) is 5.91 Å². The zero-order valence-electron chi connectivity index (χ0n) is 14.8. The normalized spacial score (nSPS) is 20.8. The van der Waals surface area contributed by atoms with Gasteiger partial charge in [-0.1, -0.05) is 36.8 Å². The third-order valence-electron chi connectivity index (χ3n) is 5.13. The number of carbonyl (C=O) groups is 1. The maximum atomic E-state index is 13.2. The molecule has 5 nitrogen and oxygen atoms in total. The molecule has 2 aliphatic heterocycles. The van der Waals surface area contributed by atoms with Crippen molar-refractivity contribution < 1.29 is 9.53 Å². The molecule has 1 aromatic heterocycles. The molecule has 4 rings (SSSR count). The Morgan fingerprint density at radius 1 is 1.16 bits per heavy atom. The number of morpholine rings is 1. The van der Waals surface area contributed by atoms with Gasteiger partial charge in [-0.3, -0.25) is 4.79 Å². The highest BCUT2D eigenvalue weighted by molar-refractivity contribution is 5.94. The number of carbonyl (C=O) groups excluding carboxylic acids is 1. The van der Waals surface area contributed by atoms with Crippen molar-refractivity contribution >= 4 is 5.91 Å². The molecular weight excluding hydrogens is 314 g/mol. The number of rotatable bonds is 2. The Hall–Kier alpha value is -2.14. The van der Waals surface area contributed by atoms with Gasteiger partial charge < -0.3 is 14.2 Å². The Morgan fingerprint density at radius 2 is 2.00 bits per heavy atom. The average molecular weight is 339 g/mol. The molecule has 0 saturated carbocycles. The minimum Gasteiger partial charge on any atom is -0.375 e.